The first kappa shape index (κ1) is 15.4. The fraction of sp³-hybridized carbons (Fsp3) is 0.0588. The van der Waals surface area contributed by atoms with Crippen LogP contribution in [-0.2, 0) is 9.53 Å². The second-order valence-electron chi connectivity index (χ2n) is 4.33. The third-order valence-electron chi connectivity index (χ3n) is 2.75. The molecule has 0 aliphatic rings. The molecule has 22 heavy (non-hydrogen) atoms. The highest BCUT2D eigenvalue weighted by Gasteiger charge is 2.06. The summed E-state index contributed by atoms with van der Waals surface area (Å²) in [7, 11) is 1.29. The molecule has 0 saturated carbocycles. The molecule has 5 heteroatoms. The van der Waals surface area contributed by atoms with Gasteiger partial charge in [-0.25, -0.2) is 14.0 Å². The van der Waals surface area contributed by atoms with E-state index >= 15 is 0 Å². The molecule has 2 aromatic rings. The Morgan fingerprint density at radius 3 is 2.45 bits per heavy atom. The Hall–Kier alpha value is -2.95. The van der Waals surface area contributed by atoms with Gasteiger partial charge in [0, 0.05) is 6.08 Å². The molecule has 0 atom stereocenters. The van der Waals surface area contributed by atoms with Crippen LogP contribution in [0.4, 0.5) is 4.39 Å². The molecular weight excluding hydrogens is 287 g/mol. The lowest BCUT2D eigenvalue weighted by molar-refractivity contribution is -0.128. The number of esters is 2. The van der Waals surface area contributed by atoms with Crippen LogP contribution in [0, 0.1) is 5.82 Å². The smallest absolute Gasteiger partial charge is 0.337 e. The Kier molecular flexibility index (Phi) is 5.03. The summed E-state index contributed by atoms with van der Waals surface area (Å²) >= 11 is 0. The fourth-order valence-corrected chi connectivity index (χ4v) is 1.70. The number of ether oxygens (including phenoxy) is 2. The summed E-state index contributed by atoms with van der Waals surface area (Å²) in [6.07, 6.45) is 2.65. The van der Waals surface area contributed by atoms with Gasteiger partial charge < -0.3 is 9.47 Å². The highest BCUT2D eigenvalue weighted by atomic mass is 19.1. The minimum Gasteiger partial charge on any atom is -0.465 e. The Balaban J connectivity index is 1.98. The molecule has 0 bridgehead atoms. The number of methoxy groups -OCH3 is 1. The maximum Gasteiger partial charge on any atom is 0.337 e. The summed E-state index contributed by atoms with van der Waals surface area (Å²) in [5, 5.41) is 0. The number of benzene rings is 2. The first-order chi connectivity index (χ1) is 10.6. The van der Waals surface area contributed by atoms with E-state index in [0.29, 0.717) is 16.9 Å². The number of carbonyl (C=O) groups excluding carboxylic acids is 2. The molecule has 0 N–H and O–H groups in total. The van der Waals surface area contributed by atoms with Gasteiger partial charge in [0.1, 0.15) is 11.6 Å². The van der Waals surface area contributed by atoms with Gasteiger partial charge in [-0.1, -0.05) is 12.1 Å². The largest absolute Gasteiger partial charge is 0.465 e. The van der Waals surface area contributed by atoms with Crippen molar-refractivity contribution in [1.82, 2.24) is 0 Å². The number of hydrogen-bond acceptors (Lipinski definition) is 4. The van der Waals surface area contributed by atoms with E-state index in [2.05, 4.69) is 4.74 Å². The Morgan fingerprint density at radius 2 is 1.82 bits per heavy atom. The molecule has 0 saturated heterocycles. The summed E-state index contributed by atoms with van der Waals surface area (Å²) in [6.45, 7) is 0. The standard InChI is InChI=1S/C17H13FO4/c1-21-17(20)13-6-8-15(9-7-13)22-16(19)10-5-12-3-2-4-14(18)11-12/h2-11H,1H3/b10-5+. The van der Waals surface area contributed by atoms with Gasteiger partial charge in [-0.2, -0.15) is 0 Å². The molecule has 0 unspecified atom stereocenters. The minimum absolute atomic E-state index is 0.293. The lowest BCUT2D eigenvalue weighted by Gasteiger charge is -2.03. The number of carbonyl (C=O) groups is 2. The van der Waals surface area contributed by atoms with Crippen LogP contribution in [0.2, 0.25) is 0 Å². The molecule has 0 aromatic heterocycles. The van der Waals surface area contributed by atoms with E-state index in [1.165, 1.54) is 55.7 Å². The third-order valence-corrected chi connectivity index (χ3v) is 2.75. The second-order valence-corrected chi connectivity index (χ2v) is 4.33. The first-order valence-corrected chi connectivity index (χ1v) is 6.42. The van der Waals surface area contributed by atoms with Gasteiger partial charge in [0.15, 0.2) is 0 Å². The van der Waals surface area contributed by atoms with Crippen molar-refractivity contribution in [2.24, 2.45) is 0 Å². The van der Waals surface area contributed by atoms with Crippen LogP contribution in [0.5, 0.6) is 5.75 Å². The Morgan fingerprint density at radius 1 is 1.09 bits per heavy atom. The minimum atomic E-state index is -0.602. The zero-order valence-electron chi connectivity index (χ0n) is 11.8. The van der Waals surface area contributed by atoms with Crippen LogP contribution in [0.3, 0.4) is 0 Å². The van der Waals surface area contributed by atoms with Crippen LogP contribution in [0.25, 0.3) is 6.08 Å². The summed E-state index contributed by atoms with van der Waals surface area (Å²) in [5.74, 6) is -1.16. The summed E-state index contributed by atoms with van der Waals surface area (Å²) in [4.78, 5) is 22.9. The van der Waals surface area contributed by atoms with E-state index in [1.807, 2.05) is 0 Å². The number of rotatable bonds is 4. The summed E-state index contributed by atoms with van der Waals surface area (Å²) in [6, 6.07) is 11.8. The maximum absolute atomic E-state index is 13.0. The van der Waals surface area contributed by atoms with Gasteiger partial charge >= 0.3 is 11.9 Å². The van der Waals surface area contributed by atoms with Crippen molar-refractivity contribution in [3.05, 3.63) is 71.6 Å². The maximum atomic E-state index is 13.0. The SMILES string of the molecule is COC(=O)c1ccc(OC(=O)/C=C/c2cccc(F)c2)cc1. The number of hydrogen-bond donors (Lipinski definition) is 0. The van der Waals surface area contributed by atoms with E-state index in [-0.39, 0.29) is 5.82 Å². The highest BCUT2D eigenvalue weighted by Crippen LogP contribution is 2.13. The fourth-order valence-electron chi connectivity index (χ4n) is 1.70. The molecule has 0 fully saturated rings. The van der Waals surface area contributed by atoms with Crippen LogP contribution >= 0.6 is 0 Å². The first-order valence-electron chi connectivity index (χ1n) is 6.42. The molecule has 0 aliphatic carbocycles. The molecule has 0 radical (unpaired) electrons. The second kappa shape index (κ2) is 7.17. The lowest BCUT2D eigenvalue weighted by atomic mass is 10.2. The molecule has 2 aromatic carbocycles. The average Bonchev–Trinajstić information content (AvgIpc) is 2.53. The van der Waals surface area contributed by atoms with Gasteiger partial charge in [-0.3, -0.25) is 0 Å². The lowest BCUT2D eigenvalue weighted by Crippen LogP contribution is -2.05. The van der Waals surface area contributed by atoms with E-state index < -0.39 is 11.9 Å². The van der Waals surface area contributed by atoms with E-state index in [4.69, 9.17) is 4.74 Å². The highest BCUT2D eigenvalue weighted by molar-refractivity contribution is 5.90. The predicted molar refractivity (Wildman–Crippen MR) is 78.9 cm³/mol. The van der Waals surface area contributed by atoms with Gasteiger partial charge in [0.2, 0.25) is 0 Å². The van der Waals surface area contributed by atoms with Crippen LogP contribution < -0.4 is 4.74 Å². The zero-order valence-corrected chi connectivity index (χ0v) is 11.8. The summed E-state index contributed by atoms with van der Waals surface area (Å²) in [5.41, 5.74) is 0.913. The van der Waals surface area contributed by atoms with Gasteiger partial charge in [-0.05, 0) is 48.0 Å². The summed E-state index contributed by atoms with van der Waals surface area (Å²) < 4.78 is 22.6. The molecule has 2 rings (SSSR count). The molecule has 4 nitrogen and oxygen atoms in total. The molecular formula is C17H13FO4. The van der Waals surface area contributed by atoms with E-state index in [9.17, 15) is 14.0 Å². The van der Waals surface area contributed by atoms with E-state index in [0.717, 1.165) is 0 Å². The molecule has 0 amide bonds. The average molecular weight is 300 g/mol. The van der Waals surface area contributed by atoms with E-state index in [1.54, 1.807) is 12.1 Å². The monoisotopic (exact) mass is 300 g/mol. The van der Waals surface area contributed by atoms with Gasteiger partial charge in [0.25, 0.3) is 0 Å². The van der Waals surface area contributed by atoms with Crippen molar-refractivity contribution < 1.29 is 23.5 Å². The van der Waals surface area contributed by atoms with Crippen LogP contribution in [-0.4, -0.2) is 19.0 Å². The zero-order chi connectivity index (χ0) is 15.9. The normalized spacial score (nSPS) is 10.5. The van der Waals surface area contributed by atoms with Crippen molar-refractivity contribution in [2.75, 3.05) is 7.11 Å². The number of halogens is 1. The van der Waals surface area contributed by atoms with Crippen molar-refractivity contribution in [2.45, 2.75) is 0 Å². The quantitative estimate of drug-likeness (QED) is 0.494. The topological polar surface area (TPSA) is 52.6 Å². The van der Waals surface area contributed by atoms with Crippen molar-refractivity contribution in [3.8, 4) is 5.75 Å². The van der Waals surface area contributed by atoms with Crippen molar-refractivity contribution in [1.29, 1.82) is 0 Å². The molecule has 0 aliphatic heterocycles. The Labute approximate surface area is 126 Å². The van der Waals surface area contributed by atoms with Crippen molar-refractivity contribution in [3.63, 3.8) is 0 Å². The van der Waals surface area contributed by atoms with Crippen LogP contribution in [0.15, 0.2) is 54.6 Å². The third kappa shape index (κ3) is 4.28. The van der Waals surface area contributed by atoms with Crippen LogP contribution in [0.1, 0.15) is 15.9 Å². The predicted octanol–water partition coefficient (Wildman–Crippen LogP) is 3.23. The molecule has 112 valence electrons. The molecule has 0 heterocycles. The molecule has 0 spiro atoms. The van der Waals surface area contributed by atoms with Gasteiger partial charge in [-0.15, -0.1) is 0 Å². The van der Waals surface area contributed by atoms with Gasteiger partial charge in [0.05, 0.1) is 12.7 Å². The Bertz CT molecular complexity index is 705. The van der Waals surface area contributed by atoms with Crippen molar-refractivity contribution >= 4 is 18.0 Å².